The zero-order chi connectivity index (χ0) is 9.97. The third-order valence-electron chi connectivity index (χ3n) is 2.30. The summed E-state index contributed by atoms with van der Waals surface area (Å²) >= 11 is 0. The number of nitrogens with zero attached hydrogens (tertiary/aromatic N) is 1. The Morgan fingerprint density at radius 2 is 1.79 bits per heavy atom. The summed E-state index contributed by atoms with van der Waals surface area (Å²) in [6.45, 7) is 0. The fourth-order valence-electron chi connectivity index (χ4n) is 1.57. The third kappa shape index (κ3) is 1.35. The number of carbonyl (C=O) groups excluding carboxylic acids is 1. The van der Waals surface area contributed by atoms with E-state index in [9.17, 15) is 4.79 Å². The van der Waals surface area contributed by atoms with Crippen LogP contribution in [0, 0.1) is 0 Å². The van der Waals surface area contributed by atoms with E-state index in [0.717, 1.165) is 22.9 Å². The Hall–Kier alpha value is -1.83. The van der Waals surface area contributed by atoms with Gasteiger partial charge in [0, 0.05) is 12.4 Å². The largest absolute Gasteiger partial charge is 0.317 e. The van der Waals surface area contributed by atoms with Crippen molar-refractivity contribution in [3.63, 3.8) is 0 Å². The summed E-state index contributed by atoms with van der Waals surface area (Å²) in [7, 11) is 1.76. The Labute approximate surface area is 82.8 Å². The minimum absolute atomic E-state index is 0.821. The highest BCUT2D eigenvalue weighted by atomic mass is 16.1. The van der Waals surface area contributed by atoms with Crippen LogP contribution in [0.5, 0.6) is 0 Å². The monoisotopic (exact) mass is 185 g/mol. The number of fused-ring (bicyclic) bond motifs is 1. The summed E-state index contributed by atoms with van der Waals surface area (Å²) in [5.74, 6) is 0. The summed E-state index contributed by atoms with van der Waals surface area (Å²) in [4.78, 5) is 12.3. The zero-order valence-corrected chi connectivity index (χ0v) is 7.97. The van der Waals surface area contributed by atoms with Crippen molar-refractivity contribution < 1.29 is 4.79 Å². The molecule has 0 spiro atoms. The topological polar surface area (TPSA) is 20.3 Å². The summed E-state index contributed by atoms with van der Waals surface area (Å²) in [5, 5.41) is 2.25. The first-order chi connectivity index (χ1) is 6.83. The molecule has 0 saturated heterocycles. The van der Waals surface area contributed by atoms with Gasteiger partial charge in [0.15, 0.2) is 0 Å². The summed E-state index contributed by atoms with van der Waals surface area (Å²) < 4.78 is 0. The average molecular weight is 185 g/mol. The van der Waals surface area contributed by atoms with Crippen LogP contribution >= 0.6 is 0 Å². The van der Waals surface area contributed by atoms with E-state index in [0.29, 0.717) is 0 Å². The molecule has 0 aliphatic rings. The molecule has 1 amide bonds. The maximum absolute atomic E-state index is 10.7. The van der Waals surface area contributed by atoms with Gasteiger partial charge in [-0.05, 0) is 11.5 Å². The Kier molecular flexibility index (Phi) is 2.19. The van der Waals surface area contributed by atoms with E-state index in [1.807, 2.05) is 42.5 Å². The lowest BCUT2D eigenvalue weighted by molar-refractivity contribution is -0.107. The summed E-state index contributed by atoms with van der Waals surface area (Å²) in [6, 6.07) is 14.0. The van der Waals surface area contributed by atoms with Gasteiger partial charge in [0.2, 0.25) is 6.41 Å². The van der Waals surface area contributed by atoms with Gasteiger partial charge >= 0.3 is 0 Å². The highest BCUT2D eigenvalue weighted by Crippen LogP contribution is 2.24. The van der Waals surface area contributed by atoms with E-state index in [2.05, 4.69) is 0 Å². The quantitative estimate of drug-likeness (QED) is 0.658. The molecule has 0 aliphatic heterocycles. The average Bonchev–Trinajstić information content (AvgIpc) is 2.27. The van der Waals surface area contributed by atoms with Crippen molar-refractivity contribution in [1.82, 2.24) is 0 Å². The number of amides is 1. The Bertz CT molecular complexity index is 459. The Balaban J connectivity index is 2.70. The number of rotatable bonds is 2. The number of benzene rings is 2. The minimum Gasteiger partial charge on any atom is -0.317 e. The predicted molar refractivity (Wildman–Crippen MR) is 58.4 cm³/mol. The smallest absolute Gasteiger partial charge is 0.213 e. The van der Waals surface area contributed by atoms with Crippen LogP contribution in [0.15, 0.2) is 42.5 Å². The molecule has 0 fully saturated rings. The van der Waals surface area contributed by atoms with Crippen LogP contribution in [0.3, 0.4) is 0 Å². The molecule has 0 heterocycles. The molecule has 2 aromatic rings. The SMILES string of the molecule is CN(C=O)c1cccc2ccccc12. The van der Waals surface area contributed by atoms with E-state index in [-0.39, 0.29) is 0 Å². The zero-order valence-electron chi connectivity index (χ0n) is 7.97. The molecule has 2 aromatic carbocycles. The molecule has 0 radical (unpaired) electrons. The summed E-state index contributed by atoms with van der Waals surface area (Å²) in [6.07, 6.45) is 0.821. The Morgan fingerprint density at radius 1 is 1.07 bits per heavy atom. The molecule has 70 valence electrons. The maximum Gasteiger partial charge on any atom is 0.213 e. The van der Waals surface area contributed by atoms with Crippen LogP contribution in [-0.4, -0.2) is 13.5 Å². The van der Waals surface area contributed by atoms with E-state index in [1.165, 1.54) is 0 Å². The predicted octanol–water partition coefficient (Wildman–Crippen LogP) is 2.43. The van der Waals surface area contributed by atoms with E-state index >= 15 is 0 Å². The van der Waals surface area contributed by atoms with Crippen LogP contribution in [-0.2, 0) is 4.79 Å². The van der Waals surface area contributed by atoms with Gasteiger partial charge in [0.05, 0.1) is 5.69 Å². The van der Waals surface area contributed by atoms with Gasteiger partial charge in [-0.1, -0.05) is 36.4 Å². The van der Waals surface area contributed by atoms with E-state index in [1.54, 1.807) is 11.9 Å². The van der Waals surface area contributed by atoms with Crippen molar-refractivity contribution in [2.45, 2.75) is 0 Å². The molecule has 0 aromatic heterocycles. The van der Waals surface area contributed by atoms with Gasteiger partial charge in [-0.15, -0.1) is 0 Å². The van der Waals surface area contributed by atoms with Crippen LogP contribution < -0.4 is 4.90 Å². The van der Waals surface area contributed by atoms with Gasteiger partial charge in [0.25, 0.3) is 0 Å². The van der Waals surface area contributed by atoms with E-state index < -0.39 is 0 Å². The highest BCUT2D eigenvalue weighted by Gasteiger charge is 2.02. The van der Waals surface area contributed by atoms with Gasteiger partial charge in [-0.25, -0.2) is 0 Å². The van der Waals surface area contributed by atoms with Gasteiger partial charge < -0.3 is 4.90 Å². The van der Waals surface area contributed by atoms with Crippen molar-refractivity contribution in [1.29, 1.82) is 0 Å². The first-order valence-electron chi connectivity index (χ1n) is 4.49. The molecular formula is C12H11NO. The molecule has 0 bridgehead atoms. The van der Waals surface area contributed by atoms with E-state index in [4.69, 9.17) is 0 Å². The van der Waals surface area contributed by atoms with Crippen molar-refractivity contribution in [3.8, 4) is 0 Å². The van der Waals surface area contributed by atoms with Crippen LogP contribution in [0.1, 0.15) is 0 Å². The standard InChI is InChI=1S/C12H11NO/c1-13(9-14)12-8-4-6-10-5-2-3-7-11(10)12/h2-9H,1H3. The fourth-order valence-corrected chi connectivity index (χ4v) is 1.57. The molecule has 2 heteroatoms. The van der Waals surface area contributed by atoms with Crippen molar-refractivity contribution in [3.05, 3.63) is 42.5 Å². The molecular weight excluding hydrogens is 174 g/mol. The lowest BCUT2D eigenvalue weighted by atomic mass is 10.1. The highest BCUT2D eigenvalue weighted by molar-refractivity contribution is 5.98. The van der Waals surface area contributed by atoms with Crippen LogP contribution in [0.4, 0.5) is 5.69 Å². The molecule has 0 saturated carbocycles. The van der Waals surface area contributed by atoms with Gasteiger partial charge in [-0.2, -0.15) is 0 Å². The molecule has 0 unspecified atom stereocenters. The number of hydrogen-bond acceptors (Lipinski definition) is 1. The molecule has 2 nitrogen and oxygen atoms in total. The number of anilines is 1. The molecule has 0 aliphatic carbocycles. The van der Waals surface area contributed by atoms with Crippen LogP contribution in [0.25, 0.3) is 10.8 Å². The third-order valence-corrected chi connectivity index (χ3v) is 2.30. The minimum atomic E-state index is 0.821. The fraction of sp³-hybridized carbons (Fsp3) is 0.0833. The van der Waals surface area contributed by atoms with Crippen molar-refractivity contribution in [2.75, 3.05) is 11.9 Å². The van der Waals surface area contributed by atoms with Crippen molar-refractivity contribution in [2.24, 2.45) is 0 Å². The molecule has 0 atom stereocenters. The number of carbonyl (C=O) groups is 1. The summed E-state index contributed by atoms with van der Waals surface area (Å²) in [5.41, 5.74) is 0.943. The molecule has 2 rings (SSSR count). The second kappa shape index (κ2) is 3.50. The first-order valence-corrected chi connectivity index (χ1v) is 4.49. The van der Waals surface area contributed by atoms with Gasteiger partial charge in [-0.3, -0.25) is 4.79 Å². The second-order valence-corrected chi connectivity index (χ2v) is 3.21. The molecule has 0 N–H and O–H groups in total. The number of hydrogen-bond donors (Lipinski definition) is 0. The second-order valence-electron chi connectivity index (χ2n) is 3.21. The lowest BCUT2D eigenvalue weighted by Gasteiger charge is -2.13. The first kappa shape index (κ1) is 8.75. The van der Waals surface area contributed by atoms with Crippen molar-refractivity contribution >= 4 is 22.9 Å². The Morgan fingerprint density at radius 3 is 2.57 bits per heavy atom. The maximum atomic E-state index is 10.7. The lowest BCUT2D eigenvalue weighted by Crippen LogP contribution is -2.13. The molecule has 14 heavy (non-hydrogen) atoms. The van der Waals surface area contributed by atoms with Gasteiger partial charge in [0.1, 0.15) is 0 Å². The normalized spacial score (nSPS) is 10.1. The van der Waals surface area contributed by atoms with Crippen LogP contribution in [0.2, 0.25) is 0 Å².